The minimum atomic E-state index is -0.345. The molecule has 1 aliphatic carbocycles. The van der Waals surface area contributed by atoms with Gasteiger partial charge in [0.25, 0.3) is 0 Å². The predicted molar refractivity (Wildman–Crippen MR) is 64.1 cm³/mol. The molecule has 17 heavy (non-hydrogen) atoms. The lowest BCUT2D eigenvalue weighted by Crippen LogP contribution is -2.47. The third-order valence-corrected chi connectivity index (χ3v) is 4.03. The van der Waals surface area contributed by atoms with Crippen molar-refractivity contribution in [3.05, 3.63) is 0 Å². The molecule has 5 nitrogen and oxygen atoms in total. The van der Waals surface area contributed by atoms with Gasteiger partial charge < -0.3 is 16.4 Å². The van der Waals surface area contributed by atoms with Crippen LogP contribution in [-0.4, -0.2) is 30.9 Å². The standard InChI is InChI=1S/C12H21N3O2/c13-8-12(5-1-2-6-12)11(17)14-7-9-3-4-10(16)15-9/h9H,1-8,13H2,(H,14,17)(H,15,16). The van der Waals surface area contributed by atoms with Gasteiger partial charge in [-0.3, -0.25) is 9.59 Å². The third-order valence-electron chi connectivity index (χ3n) is 4.03. The van der Waals surface area contributed by atoms with Crippen molar-refractivity contribution in [1.29, 1.82) is 0 Å². The van der Waals surface area contributed by atoms with Crippen LogP contribution in [-0.2, 0) is 9.59 Å². The molecule has 0 aromatic rings. The summed E-state index contributed by atoms with van der Waals surface area (Å²) in [5.74, 6) is 0.150. The Morgan fingerprint density at radius 1 is 1.47 bits per heavy atom. The number of hydrogen-bond acceptors (Lipinski definition) is 3. The Hall–Kier alpha value is -1.10. The van der Waals surface area contributed by atoms with E-state index in [9.17, 15) is 9.59 Å². The molecule has 96 valence electrons. The summed E-state index contributed by atoms with van der Waals surface area (Å²) < 4.78 is 0. The highest BCUT2D eigenvalue weighted by Crippen LogP contribution is 2.37. The molecule has 0 aromatic heterocycles. The van der Waals surface area contributed by atoms with Crippen LogP contribution in [0.4, 0.5) is 0 Å². The fourth-order valence-corrected chi connectivity index (χ4v) is 2.81. The fraction of sp³-hybridized carbons (Fsp3) is 0.833. The Balaban J connectivity index is 1.82. The van der Waals surface area contributed by atoms with E-state index in [1.165, 1.54) is 0 Å². The van der Waals surface area contributed by atoms with E-state index in [1.54, 1.807) is 0 Å². The maximum absolute atomic E-state index is 12.1. The molecule has 0 bridgehead atoms. The van der Waals surface area contributed by atoms with Crippen molar-refractivity contribution >= 4 is 11.8 Å². The predicted octanol–water partition coefficient (Wildman–Crippen LogP) is -0.0997. The van der Waals surface area contributed by atoms with Crippen LogP contribution in [0.5, 0.6) is 0 Å². The Morgan fingerprint density at radius 2 is 2.18 bits per heavy atom. The van der Waals surface area contributed by atoms with E-state index < -0.39 is 0 Å². The van der Waals surface area contributed by atoms with Crippen LogP contribution in [0.3, 0.4) is 0 Å². The highest BCUT2D eigenvalue weighted by Gasteiger charge is 2.39. The molecule has 2 rings (SSSR count). The summed E-state index contributed by atoms with van der Waals surface area (Å²) in [6.07, 6.45) is 5.35. The molecule has 2 fully saturated rings. The lowest BCUT2D eigenvalue weighted by molar-refractivity contribution is -0.130. The Morgan fingerprint density at radius 3 is 2.71 bits per heavy atom. The summed E-state index contributed by atoms with van der Waals surface area (Å²) in [5.41, 5.74) is 5.40. The highest BCUT2D eigenvalue weighted by atomic mass is 16.2. The van der Waals surface area contributed by atoms with Crippen LogP contribution in [0, 0.1) is 5.41 Å². The molecule has 1 aliphatic heterocycles. The first-order valence-electron chi connectivity index (χ1n) is 6.44. The first-order valence-corrected chi connectivity index (χ1v) is 6.44. The molecule has 1 saturated heterocycles. The molecule has 2 amide bonds. The lowest BCUT2D eigenvalue weighted by Gasteiger charge is -2.26. The minimum absolute atomic E-state index is 0.0682. The largest absolute Gasteiger partial charge is 0.354 e. The van der Waals surface area contributed by atoms with Gasteiger partial charge in [0.05, 0.1) is 5.41 Å². The average molecular weight is 239 g/mol. The van der Waals surface area contributed by atoms with E-state index in [1.807, 2.05) is 0 Å². The van der Waals surface area contributed by atoms with Crippen molar-refractivity contribution in [3.8, 4) is 0 Å². The molecule has 4 N–H and O–H groups in total. The van der Waals surface area contributed by atoms with Crippen LogP contribution in [0.2, 0.25) is 0 Å². The van der Waals surface area contributed by atoms with Crippen LogP contribution >= 0.6 is 0 Å². The first-order chi connectivity index (χ1) is 8.16. The number of nitrogens with one attached hydrogen (secondary N) is 2. The number of nitrogens with two attached hydrogens (primary N) is 1. The van der Waals surface area contributed by atoms with Gasteiger partial charge in [-0.05, 0) is 19.3 Å². The van der Waals surface area contributed by atoms with Crippen molar-refractivity contribution in [1.82, 2.24) is 10.6 Å². The summed E-state index contributed by atoms with van der Waals surface area (Å²) in [6.45, 7) is 0.960. The normalized spacial score (nSPS) is 26.9. The molecule has 1 unspecified atom stereocenters. The van der Waals surface area contributed by atoms with Gasteiger partial charge in [0.2, 0.25) is 11.8 Å². The lowest BCUT2D eigenvalue weighted by atomic mass is 9.85. The molecular weight excluding hydrogens is 218 g/mol. The van der Waals surface area contributed by atoms with Crippen molar-refractivity contribution in [2.75, 3.05) is 13.1 Å². The second kappa shape index (κ2) is 5.04. The van der Waals surface area contributed by atoms with E-state index in [0.29, 0.717) is 19.5 Å². The van der Waals surface area contributed by atoms with Crippen molar-refractivity contribution in [3.63, 3.8) is 0 Å². The van der Waals surface area contributed by atoms with Crippen LogP contribution < -0.4 is 16.4 Å². The Kier molecular flexibility index (Phi) is 3.66. The topological polar surface area (TPSA) is 84.2 Å². The smallest absolute Gasteiger partial charge is 0.227 e. The number of carbonyl (C=O) groups is 2. The molecule has 0 spiro atoms. The SMILES string of the molecule is NCC1(C(=O)NCC2CCC(=O)N2)CCCC1. The van der Waals surface area contributed by atoms with Crippen molar-refractivity contribution < 1.29 is 9.59 Å². The van der Waals surface area contributed by atoms with Gasteiger partial charge in [0.15, 0.2) is 0 Å². The molecule has 0 aromatic carbocycles. The van der Waals surface area contributed by atoms with Gasteiger partial charge in [0, 0.05) is 25.6 Å². The number of amides is 2. The van der Waals surface area contributed by atoms with Crippen LogP contribution in [0.15, 0.2) is 0 Å². The highest BCUT2D eigenvalue weighted by molar-refractivity contribution is 5.83. The molecule has 0 radical (unpaired) electrons. The summed E-state index contributed by atoms with van der Waals surface area (Å²) in [4.78, 5) is 23.2. The second-order valence-corrected chi connectivity index (χ2v) is 5.20. The maximum Gasteiger partial charge on any atom is 0.227 e. The first kappa shape index (κ1) is 12.4. The van der Waals surface area contributed by atoms with Crippen molar-refractivity contribution in [2.45, 2.75) is 44.6 Å². The minimum Gasteiger partial charge on any atom is -0.354 e. The van der Waals surface area contributed by atoms with Gasteiger partial charge >= 0.3 is 0 Å². The molecule has 5 heteroatoms. The summed E-state index contributed by atoms with van der Waals surface area (Å²) in [6, 6.07) is 0.0997. The van der Waals surface area contributed by atoms with Gasteiger partial charge in [0.1, 0.15) is 0 Å². The zero-order chi connectivity index (χ0) is 12.3. The molecular formula is C12H21N3O2. The summed E-state index contributed by atoms with van der Waals surface area (Å²) in [5, 5.41) is 5.79. The molecule has 1 saturated carbocycles. The second-order valence-electron chi connectivity index (χ2n) is 5.20. The van der Waals surface area contributed by atoms with E-state index in [4.69, 9.17) is 5.73 Å². The summed E-state index contributed by atoms with van der Waals surface area (Å²) >= 11 is 0. The van der Waals surface area contributed by atoms with E-state index in [2.05, 4.69) is 10.6 Å². The molecule has 2 aliphatic rings. The third kappa shape index (κ3) is 2.60. The number of hydrogen-bond donors (Lipinski definition) is 3. The van der Waals surface area contributed by atoms with Gasteiger partial charge in [-0.1, -0.05) is 12.8 Å². The van der Waals surface area contributed by atoms with Gasteiger partial charge in [-0.15, -0.1) is 0 Å². The van der Waals surface area contributed by atoms with Crippen LogP contribution in [0.25, 0.3) is 0 Å². The maximum atomic E-state index is 12.1. The summed E-state index contributed by atoms with van der Waals surface area (Å²) in [7, 11) is 0. The fourth-order valence-electron chi connectivity index (χ4n) is 2.81. The van der Waals surface area contributed by atoms with E-state index in [-0.39, 0.29) is 23.3 Å². The number of rotatable bonds is 4. The van der Waals surface area contributed by atoms with Crippen molar-refractivity contribution in [2.24, 2.45) is 11.1 Å². The van der Waals surface area contributed by atoms with Gasteiger partial charge in [-0.25, -0.2) is 0 Å². The molecule has 1 atom stereocenters. The quantitative estimate of drug-likeness (QED) is 0.640. The number of carbonyl (C=O) groups excluding carboxylic acids is 2. The zero-order valence-electron chi connectivity index (χ0n) is 10.1. The average Bonchev–Trinajstić information content (AvgIpc) is 2.95. The monoisotopic (exact) mass is 239 g/mol. The molecule has 1 heterocycles. The van der Waals surface area contributed by atoms with Crippen LogP contribution in [0.1, 0.15) is 38.5 Å². The van der Waals surface area contributed by atoms with Gasteiger partial charge in [-0.2, -0.15) is 0 Å². The Labute approximate surface area is 102 Å². The Bertz CT molecular complexity index is 311. The zero-order valence-corrected chi connectivity index (χ0v) is 10.1. The van der Waals surface area contributed by atoms with E-state index in [0.717, 1.165) is 32.1 Å². The van der Waals surface area contributed by atoms with E-state index >= 15 is 0 Å².